The van der Waals surface area contributed by atoms with E-state index in [9.17, 15) is 4.79 Å². The Morgan fingerprint density at radius 3 is 2.55 bits per heavy atom. The molecule has 3 nitrogen and oxygen atoms in total. The van der Waals surface area contributed by atoms with Gasteiger partial charge in [0.1, 0.15) is 5.75 Å². The summed E-state index contributed by atoms with van der Waals surface area (Å²) in [7, 11) is 0. The van der Waals surface area contributed by atoms with Crippen molar-refractivity contribution >= 4 is 17.5 Å². The Kier molecular flexibility index (Phi) is 5.02. The molecule has 0 spiro atoms. The summed E-state index contributed by atoms with van der Waals surface area (Å²) in [6, 6.07) is 15.1. The number of alkyl halides is 1. The van der Waals surface area contributed by atoms with Crippen LogP contribution >= 0.6 is 11.6 Å². The molecular formula is C16H16ClNO2. The largest absolute Gasteiger partial charge is 0.493 e. The molecule has 0 aliphatic heterocycles. The number of nitrogens with two attached hydrogens (primary N) is 1. The van der Waals surface area contributed by atoms with Crippen molar-refractivity contribution in [1.29, 1.82) is 0 Å². The number of carbonyl (C=O) groups is 1. The first-order valence-electron chi connectivity index (χ1n) is 6.40. The van der Waals surface area contributed by atoms with Crippen molar-refractivity contribution in [2.24, 2.45) is 5.73 Å². The van der Waals surface area contributed by atoms with E-state index in [4.69, 9.17) is 22.1 Å². The topological polar surface area (TPSA) is 52.3 Å². The molecule has 1 amide bonds. The van der Waals surface area contributed by atoms with E-state index < -0.39 is 5.91 Å². The molecular weight excluding hydrogens is 274 g/mol. The lowest BCUT2D eigenvalue weighted by molar-refractivity contribution is 0.1000. The molecule has 2 rings (SSSR count). The minimum absolute atomic E-state index is 0.436. The summed E-state index contributed by atoms with van der Waals surface area (Å²) in [6.45, 7) is 0.506. The third-order valence-corrected chi connectivity index (χ3v) is 3.15. The number of benzene rings is 2. The van der Waals surface area contributed by atoms with Crippen molar-refractivity contribution in [3.05, 3.63) is 54.1 Å². The van der Waals surface area contributed by atoms with Crippen molar-refractivity contribution in [2.75, 3.05) is 12.5 Å². The van der Waals surface area contributed by atoms with Gasteiger partial charge in [-0.3, -0.25) is 4.79 Å². The highest BCUT2D eigenvalue weighted by molar-refractivity contribution is 6.17. The summed E-state index contributed by atoms with van der Waals surface area (Å²) in [4.78, 5) is 11.3. The van der Waals surface area contributed by atoms with Crippen LogP contribution in [-0.4, -0.2) is 18.4 Å². The van der Waals surface area contributed by atoms with Crippen molar-refractivity contribution in [1.82, 2.24) is 0 Å². The van der Waals surface area contributed by atoms with Crippen LogP contribution in [0, 0.1) is 0 Å². The van der Waals surface area contributed by atoms with Crippen LogP contribution in [0.1, 0.15) is 16.8 Å². The molecule has 0 aromatic heterocycles. The molecule has 0 saturated heterocycles. The number of amides is 1. The van der Waals surface area contributed by atoms with E-state index in [1.54, 1.807) is 12.1 Å². The summed E-state index contributed by atoms with van der Waals surface area (Å²) < 4.78 is 5.73. The molecule has 0 fully saturated rings. The highest BCUT2D eigenvalue weighted by Gasteiger charge is 2.10. The fourth-order valence-corrected chi connectivity index (χ4v) is 2.00. The van der Waals surface area contributed by atoms with Gasteiger partial charge >= 0.3 is 0 Å². The average Bonchev–Trinajstić information content (AvgIpc) is 2.48. The molecule has 0 saturated carbocycles. The SMILES string of the molecule is NC(=O)c1ccc(-c2ccccc2)c(OCCCCl)c1. The Hall–Kier alpha value is -2.00. The van der Waals surface area contributed by atoms with Gasteiger partial charge in [0.2, 0.25) is 5.91 Å². The first-order chi connectivity index (χ1) is 9.72. The van der Waals surface area contributed by atoms with E-state index in [0.717, 1.165) is 17.5 Å². The van der Waals surface area contributed by atoms with Crippen LogP contribution in [0.5, 0.6) is 5.75 Å². The summed E-state index contributed by atoms with van der Waals surface area (Å²) in [5.41, 5.74) is 7.71. The number of primary amides is 1. The first kappa shape index (κ1) is 14.4. The molecule has 0 aliphatic carbocycles. The average molecular weight is 290 g/mol. The molecule has 0 heterocycles. The zero-order chi connectivity index (χ0) is 14.4. The molecule has 0 aliphatic rings. The predicted octanol–water partition coefficient (Wildman–Crippen LogP) is 3.46. The maximum atomic E-state index is 11.3. The molecule has 2 aromatic rings. The van der Waals surface area contributed by atoms with Gasteiger partial charge in [0.15, 0.2) is 0 Å². The molecule has 0 radical (unpaired) electrons. The number of halogens is 1. The highest BCUT2D eigenvalue weighted by Crippen LogP contribution is 2.31. The zero-order valence-corrected chi connectivity index (χ0v) is 11.8. The maximum Gasteiger partial charge on any atom is 0.248 e. The third-order valence-electron chi connectivity index (χ3n) is 2.89. The molecule has 4 heteroatoms. The Bertz CT molecular complexity index is 584. The Balaban J connectivity index is 2.37. The number of ether oxygens (including phenoxy) is 1. The van der Waals surface area contributed by atoms with Crippen LogP contribution in [0.3, 0.4) is 0 Å². The van der Waals surface area contributed by atoms with Crippen LogP contribution in [0.25, 0.3) is 11.1 Å². The van der Waals surface area contributed by atoms with Crippen LogP contribution in [0.2, 0.25) is 0 Å². The molecule has 0 atom stereocenters. The quantitative estimate of drug-likeness (QED) is 0.654. The first-order valence-corrected chi connectivity index (χ1v) is 6.94. The maximum absolute atomic E-state index is 11.3. The van der Waals surface area contributed by atoms with Crippen molar-refractivity contribution in [3.8, 4) is 16.9 Å². The minimum atomic E-state index is -0.466. The Labute approximate surface area is 123 Å². The molecule has 0 bridgehead atoms. The van der Waals surface area contributed by atoms with Crippen LogP contribution in [0.15, 0.2) is 48.5 Å². The van der Waals surface area contributed by atoms with Gasteiger partial charge in [-0.25, -0.2) is 0 Å². The van der Waals surface area contributed by atoms with Gasteiger partial charge in [0, 0.05) is 17.0 Å². The van der Waals surface area contributed by atoms with E-state index >= 15 is 0 Å². The number of rotatable bonds is 6. The van der Waals surface area contributed by atoms with Crippen LogP contribution in [0.4, 0.5) is 0 Å². The minimum Gasteiger partial charge on any atom is -0.493 e. The zero-order valence-electron chi connectivity index (χ0n) is 11.0. The lowest BCUT2D eigenvalue weighted by Gasteiger charge is -2.12. The second-order valence-corrected chi connectivity index (χ2v) is 4.71. The summed E-state index contributed by atoms with van der Waals surface area (Å²) in [5, 5.41) is 0. The summed E-state index contributed by atoms with van der Waals surface area (Å²) >= 11 is 5.65. The van der Waals surface area contributed by atoms with E-state index in [2.05, 4.69) is 0 Å². The lowest BCUT2D eigenvalue weighted by Crippen LogP contribution is -2.11. The highest BCUT2D eigenvalue weighted by atomic mass is 35.5. The molecule has 2 N–H and O–H groups in total. The van der Waals surface area contributed by atoms with E-state index in [0.29, 0.717) is 23.8 Å². The predicted molar refractivity (Wildman–Crippen MR) is 81.2 cm³/mol. The molecule has 20 heavy (non-hydrogen) atoms. The Morgan fingerprint density at radius 2 is 1.90 bits per heavy atom. The van der Waals surface area contributed by atoms with Gasteiger partial charge in [0.25, 0.3) is 0 Å². The summed E-state index contributed by atoms with van der Waals surface area (Å²) in [5.74, 6) is 0.723. The molecule has 104 valence electrons. The van der Waals surface area contributed by atoms with Crippen molar-refractivity contribution in [2.45, 2.75) is 6.42 Å². The van der Waals surface area contributed by atoms with E-state index in [1.807, 2.05) is 36.4 Å². The van der Waals surface area contributed by atoms with Crippen LogP contribution < -0.4 is 10.5 Å². The second kappa shape index (κ2) is 6.96. The van der Waals surface area contributed by atoms with Gasteiger partial charge in [-0.15, -0.1) is 11.6 Å². The molecule has 2 aromatic carbocycles. The number of carbonyl (C=O) groups excluding carboxylic acids is 1. The van der Waals surface area contributed by atoms with Crippen molar-refractivity contribution in [3.63, 3.8) is 0 Å². The monoisotopic (exact) mass is 289 g/mol. The number of hydrogen-bond donors (Lipinski definition) is 1. The Morgan fingerprint density at radius 1 is 1.15 bits per heavy atom. The third kappa shape index (κ3) is 3.52. The fourth-order valence-electron chi connectivity index (χ4n) is 1.89. The fraction of sp³-hybridized carbons (Fsp3) is 0.188. The molecule has 0 unspecified atom stereocenters. The second-order valence-electron chi connectivity index (χ2n) is 4.33. The smallest absolute Gasteiger partial charge is 0.248 e. The standard InChI is InChI=1S/C16H16ClNO2/c17-9-4-10-20-15-11-13(16(18)19)7-8-14(15)12-5-2-1-3-6-12/h1-3,5-8,11H,4,9-10H2,(H2,18,19). The van der Waals surface area contributed by atoms with Gasteiger partial charge in [-0.05, 0) is 30.2 Å². The normalized spacial score (nSPS) is 10.2. The van der Waals surface area contributed by atoms with Gasteiger partial charge in [0.05, 0.1) is 6.61 Å². The van der Waals surface area contributed by atoms with Crippen molar-refractivity contribution < 1.29 is 9.53 Å². The lowest BCUT2D eigenvalue weighted by atomic mass is 10.0. The van der Waals surface area contributed by atoms with Gasteiger partial charge < -0.3 is 10.5 Å². The van der Waals surface area contributed by atoms with Gasteiger partial charge in [-0.2, -0.15) is 0 Å². The summed E-state index contributed by atoms with van der Waals surface area (Å²) in [6.07, 6.45) is 0.747. The number of hydrogen-bond acceptors (Lipinski definition) is 2. The van der Waals surface area contributed by atoms with Crippen LogP contribution in [-0.2, 0) is 0 Å². The van der Waals surface area contributed by atoms with Gasteiger partial charge in [-0.1, -0.05) is 30.3 Å². The van der Waals surface area contributed by atoms with E-state index in [-0.39, 0.29) is 0 Å². The van der Waals surface area contributed by atoms with E-state index in [1.165, 1.54) is 0 Å².